The van der Waals surface area contributed by atoms with Crippen molar-refractivity contribution in [1.82, 2.24) is 9.97 Å². The molecule has 0 fully saturated rings. The summed E-state index contributed by atoms with van der Waals surface area (Å²) in [5, 5.41) is 5.78. The minimum Gasteiger partial charge on any atom is -0.380 e. The number of hydrogen-bond donors (Lipinski definition) is 1. The number of benzene rings is 1. The van der Waals surface area contributed by atoms with Crippen molar-refractivity contribution in [3.8, 4) is 0 Å². The van der Waals surface area contributed by atoms with E-state index in [9.17, 15) is 0 Å². The molecular formula is C15H13N3. The largest absolute Gasteiger partial charge is 0.380 e. The Morgan fingerprint density at radius 1 is 0.889 bits per heavy atom. The number of fused-ring (bicyclic) bond motifs is 1. The predicted molar refractivity (Wildman–Crippen MR) is 73.3 cm³/mol. The molecule has 0 spiro atoms. The van der Waals surface area contributed by atoms with E-state index in [1.165, 1.54) is 16.3 Å². The van der Waals surface area contributed by atoms with E-state index in [4.69, 9.17) is 0 Å². The van der Waals surface area contributed by atoms with E-state index in [0.717, 1.165) is 12.2 Å². The summed E-state index contributed by atoms with van der Waals surface area (Å²) in [7, 11) is 0. The minimum atomic E-state index is 0.785. The first-order valence-corrected chi connectivity index (χ1v) is 5.89. The molecule has 0 aliphatic rings. The highest BCUT2D eigenvalue weighted by Crippen LogP contribution is 2.18. The Morgan fingerprint density at radius 2 is 1.83 bits per heavy atom. The molecule has 2 aromatic heterocycles. The molecule has 3 rings (SSSR count). The Morgan fingerprint density at radius 3 is 2.72 bits per heavy atom. The van der Waals surface area contributed by atoms with Crippen LogP contribution in [0.25, 0.3) is 10.8 Å². The molecule has 0 radical (unpaired) electrons. The lowest BCUT2D eigenvalue weighted by Gasteiger charge is -2.08. The van der Waals surface area contributed by atoms with Gasteiger partial charge in [-0.1, -0.05) is 18.2 Å². The molecule has 0 aliphatic heterocycles. The van der Waals surface area contributed by atoms with Crippen LogP contribution < -0.4 is 5.32 Å². The third kappa shape index (κ3) is 2.15. The van der Waals surface area contributed by atoms with Crippen LogP contribution in [0.5, 0.6) is 0 Å². The zero-order chi connectivity index (χ0) is 12.2. The Kier molecular flexibility index (Phi) is 2.88. The predicted octanol–water partition coefficient (Wildman–Crippen LogP) is 3.24. The molecule has 3 nitrogen and oxygen atoms in total. The summed E-state index contributed by atoms with van der Waals surface area (Å²) in [6, 6.07) is 12.3. The topological polar surface area (TPSA) is 37.8 Å². The summed E-state index contributed by atoms with van der Waals surface area (Å²) in [5.41, 5.74) is 2.29. The molecule has 1 aromatic carbocycles. The second kappa shape index (κ2) is 4.84. The number of rotatable bonds is 3. The van der Waals surface area contributed by atoms with Gasteiger partial charge < -0.3 is 5.32 Å². The lowest BCUT2D eigenvalue weighted by atomic mass is 10.1. The van der Waals surface area contributed by atoms with Crippen molar-refractivity contribution in [3.05, 3.63) is 66.7 Å². The van der Waals surface area contributed by atoms with Gasteiger partial charge in [-0.2, -0.15) is 0 Å². The van der Waals surface area contributed by atoms with Crippen molar-refractivity contribution >= 4 is 16.5 Å². The Labute approximate surface area is 106 Å². The summed E-state index contributed by atoms with van der Waals surface area (Å²) < 4.78 is 0. The molecule has 0 saturated carbocycles. The standard InChI is InChI=1S/C15H13N3/c1-3-12-9-17-8-6-15(12)13(4-1)10-18-14-5-2-7-16-11-14/h1-9,11,18H,10H2. The SMILES string of the molecule is c1cncc(NCc2cccc3cnccc23)c1. The van der Waals surface area contributed by atoms with Crippen LogP contribution >= 0.6 is 0 Å². The average molecular weight is 235 g/mol. The lowest BCUT2D eigenvalue weighted by Crippen LogP contribution is -2.00. The van der Waals surface area contributed by atoms with Gasteiger partial charge in [0.05, 0.1) is 5.69 Å². The summed E-state index contributed by atoms with van der Waals surface area (Å²) in [6.45, 7) is 0.785. The summed E-state index contributed by atoms with van der Waals surface area (Å²) in [6.07, 6.45) is 7.32. The molecular weight excluding hydrogens is 222 g/mol. The van der Waals surface area contributed by atoms with Gasteiger partial charge in [0.25, 0.3) is 0 Å². The summed E-state index contributed by atoms with van der Waals surface area (Å²) >= 11 is 0. The molecule has 2 heterocycles. The first kappa shape index (κ1) is 10.7. The van der Waals surface area contributed by atoms with Gasteiger partial charge in [0.2, 0.25) is 0 Å². The monoisotopic (exact) mass is 235 g/mol. The molecule has 3 heteroatoms. The van der Waals surface area contributed by atoms with E-state index in [-0.39, 0.29) is 0 Å². The second-order valence-electron chi connectivity index (χ2n) is 4.11. The van der Waals surface area contributed by atoms with Crippen LogP contribution in [0.1, 0.15) is 5.56 Å². The van der Waals surface area contributed by atoms with Crippen LogP contribution in [-0.2, 0) is 6.54 Å². The molecule has 88 valence electrons. The van der Waals surface area contributed by atoms with Gasteiger partial charge in [-0.25, -0.2) is 0 Å². The highest BCUT2D eigenvalue weighted by Gasteiger charge is 2.00. The van der Waals surface area contributed by atoms with Gasteiger partial charge in [0, 0.05) is 36.7 Å². The van der Waals surface area contributed by atoms with Crippen LogP contribution in [0.3, 0.4) is 0 Å². The van der Waals surface area contributed by atoms with Gasteiger partial charge in [-0.05, 0) is 29.1 Å². The Hall–Kier alpha value is -2.42. The molecule has 0 amide bonds. The number of aromatic nitrogens is 2. The Balaban J connectivity index is 1.87. The molecule has 0 bridgehead atoms. The van der Waals surface area contributed by atoms with E-state index in [0.29, 0.717) is 0 Å². The van der Waals surface area contributed by atoms with Crippen molar-refractivity contribution in [1.29, 1.82) is 0 Å². The number of anilines is 1. The fraction of sp³-hybridized carbons (Fsp3) is 0.0667. The fourth-order valence-electron chi connectivity index (χ4n) is 2.01. The van der Waals surface area contributed by atoms with Gasteiger partial charge >= 0.3 is 0 Å². The zero-order valence-corrected chi connectivity index (χ0v) is 9.88. The smallest absolute Gasteiger partial charge is 0.0529 e. The number of nitrogens with one attached hydrogen (secondary N) is 1. The minimum absolute atomic E-state index is 0.785. The quantitative estimate of drug-likeness (QED) is 0.757. The first-order valence-electron chi connectivity index (χ1n) is 5.89. The maximum Gasteiger partial charge on any atom is 0.0529 e. The van der Waals surface area contributed by atoms with E-state index in [2.05, 4.69) is 39.6 Å². The molecule has 3 aromatic rings. The fourth-order valence-corrected chi connectivity index (χ4v) is 2.01. The van der Waals surface area contributed by atoms with Crippen molar-refractivity contribution in [2.45, 2.75) is 6.54 Å². The highest BCUT2D eigenvalue weighted by molar-refractivity contribution is 5.84. The molecule has 1 N–H and O–H groups in total. The maximum absolute atomic E-state index is 4.14. The second-order valence-corrected chi connectivity index (χ2v) is 4.11. The Bertz CT molecular complexity index is 645. The summed E-state index contributed by atoms with van der Waals surface area (Å²) in [5.74, 6) is 0. The van der Waals surface area contributed by atoms with E-state index < -0.39 is 0 Å². The van der Waals surface area contributed by atoms with Gasteiger partial charge in [-0.15, -0.1) is 0 Å². The molecule has 0 saturated heterocycles. The van der Waals surface area contributed by atoms with Gasteiger partial charge in [0.1, 0.15) is 0 Å². The number of hydrogen-bond acceptors (Lipinski definition) is 3. The van der Waals surface area contributed by atoms with Crippen molar-refractivity contribution in [3.63, 3.8) is 0 Å². The highest BCUT2D eigenvalue weighted by atomic mass is 14.9. The zero-order valence-electron chi connectivity index (χ0n) is 9.88. The normalized spacial score (nSPS) is 10.4. The maximum atomic E-state index is 4.14. The van der Waals surface area contributed by atoms with Crippen LogP contribution in [-0.4, -0.2) is 9.97 Å². The summed E-state index contributed by atoms with van der Waals surface area (Å²) in [4.78, 5) is 8.23. The number of nitrogens with zero attached hydrogens (tertiary/aromatic N) is 2. The number of pyridine rings is 2. The molecule has 0 unspecified atom stereocenters. The molecule has 0 atom stereocenters. The van der Waals surface area contributed by atoms with E-state index in [1.54, 1.807) is 6.20 Å². The van der Waals surface area contributed by atoms with Gasteiger partial charge in [0.15, 0.2) is 0 Å². The van der Waals surface area contributed by atoms with Crippen LogP contribution in [0, 0.1) is 0 Å². The van der Waals surface area contributed by atoms with E-state index >= 15 is 0 Å². The van der Waals surface area contributed by atoms with Crippen molar-refractivity contribution < 1.29 is 0 Å². The van der Waals surface area contributed by atoms with Crippen molar-refractivity contribution in [2.24, 2.45) is 0 Å². The first-order chi connectivity index (χ1) is 8.93. The molecule has 18 heavy (non-hydrogen) atoms. The molecule has 0 aliphatic carbocycles. The van der Waals surface area contributed by atoms with Gasteiger partial charge in [-0.3, -0.25) is 9.97 Å². The third-order valence-corrected chi connectivity index (χ3v) is 2.92. The van der Waals surface area contributed by atoms with E-state index in [1.807, 2.05) is 30.7 Å². The van der Waals surface area contributed by atoms with Crippen LogP contribution in [0.4, 0.5) is 5.69 Å². The average Bonchev–Trinajstić information content (AvgIpc) is 2.46. The third-order valence-electron chi connectivity index (χ3n) is 2.92. The lowest BCUT2D eigenvalue weighted by molar-refractivity contribution is 1.15. The van der Waals surface area contributed by atoms with Crippen LogP contribution in [0.15, 0.2) is 61.2 Å². The van der Waals surface area contributed by atoms with Crippen molar-refractivity contribution in [2.75, 3.05) is 5.32 Å². The van der Waals surface area contributed by atoms with Crippen LogP contribution in [0.2, 0.25) is 0 Å².